The Balaban J connectivity index is 1.64. The van der Waals surface area contributed by atoms with Gasteiger partial charge in [-0.05, 0) is 57.5 Å². The topological polar surface area (TPSA) is 116 Å². The molecule has 0 aliphatic carbocycles. The maximum Gasteiger partial charge on any atom is 0.278 e. The third kappa shape index (κ3) is 5.21. The first kappa shape index (κ1) is 24.8. The van der Waals surface area contributed by atoms with E-state index < -0.39 is 15.9 Å². The van der Waals surface area contributed by atoms with Gasteiger partial charge >= 0.3 is 0 Å². The van der Waals surface area contributed by atoms with E-state index in [0.717, 1.165) is 16.8 Å². The molecule has 0 spiro atoms. The van der Waals surface area contributed by atoms with E-state index in [1.54, 1.807) is 13.0 Å². The molecule has 2 aromatic carbocycles. The number of sulfonamides is 1. The average Bonchev–Trinajstić information content (AvgIpc) is 3.22. The summed E-state index contributed by atoms with van der Waals surface area (Å²) in [5.41, 5.74) is 3.68. The summed E-state index contributed by atoms with van der Waals surface area (Å²) in [5.74, 6) is -0.151. The number of carbonyl (C=O) groups is 1. The Morgan fingerprint density at radius 2 is 1.83 bits per heavy atom. The molecule has 1 amide bonds. The lowest BCUT2D eigenvalue weighted by Gasteiger charge is -2.26. The number of anilines is 1. The van der Waals surface area contributed by atoms with Gasteiger partial charge in [-0.3, -0.25) is 4.79 Å². The molecule has 1 saturated heterocycles. The number of rotatable bonds is 7. The highest BCUT2D eigenvalue weighted by atomic mass is 32.2. The van der Waals surface area contributed by atoms with Crippen LogP contribution in [0, 0.1) is 20.8 Å². The lowest BCUT2D eigenvalue weighted by molar-refractivity contribution is 0.0730. The van der Waals surface area contributed by atoms with Crippen LogP contribution < -0.4 is 10.1 Å². The summed E-state index contributed by atoms with van der Waals surface area (Å²) in [7, 11) is -3.75. The summed E-state index contributed by atoms with van der Waals surface area (Å²) < 4.78 is 38.5. The van der Waals surface area contributed by atoms with Crippen LogP contribution in [0.4, 0.5) is 5.69 Å². The first-order valence-corrected chi connectivity index (χ1v) is 12.8. The van der Waals surface area contributed by atoms with Crippen LogP contribution in [0.25, 0.3) is 5.69 Å². The van der Waals surface area contributed by atoms with E-state index in [9.17, 15) is 13.2 Å². The van der Waals surface area contributed by atoms with Gasteiger partial charge < -0.3 is 14.8 Å². The highest BCUT2D eigenvalue weighted by molar-refractivity contribution is 7.89. The second kappa shape index (κ2) is 10.1. The van der Waals surface area contributed by atoms with Crippen molar-refractivity contribution in [3.05, 3.63) is 58.9 Å². The Labute approximate surface area is 204 Å². The van der Waals surface area contributed by atoms with Gasteiger partial charge in [-0.1, -0.05) is 17.7 Å². The predicted molar refractivity (Wildman–Crippen MR) is 131 cm³/mol. The van der Waals surface area contributed by atoms with Crippen LogP contribution in [-0.4, -0.2) is 66.5 Å². The Kier molecular flexibility index (Phi) is 7.20. The molecule has 10 nitrogen and oxygen atoms in total. The molecule has 3 aromatic rings. The monoisotopic (exact) mass is 499 g/mol. The number of morpholine rings is 1. The number of carbonyl (C=O) groups excluding carboxylic acids is 1. The molecule has 0 atom stereocenters. The van der Waals surface area contributed by atoms with Crippen molar-refractivity contribution < 1.29 is 22.7 Å². The van der Waals surface area contributed by atoms with Crippen molar-refractivity contribution in [2.45, 2.75) is 32.6 Å². The largest absolute Gasteiger partial charge is 0.492 e. The summed E-state index contributed by atoms with van der Waals surface area (Å²) in [5, 5.41) is 11.6. The smallest absolute Gasteiger partial charge is 0.278 e. The summed E-state index contributed by atoms with van der Waals surface area (Å²) >= 11 is 0. The van der Waals surface area contributed by atoms with E-state index in [4.69, 9.17) is 9.47 Å². The number of nitrogens with zero attached hydrogens (tertiary/aromatic N) is 4. The highest BCUT2D eigenvalue weighted by Gasteiger charge is 2.28. The first-order valence-electron chi connectivity index (χ1n) is 11.4. The zero-order valence-electron chi connectivity index (χ0n) is 20.2. The Bertz CT molecular complexity index is 1350. The van der Waals surface area contributed by atoms with E-state index in [1.165, 1.54) is 21.2 Å². The molecule has 1 aromatic heterocycles. The minimum atomic E-state index is -3.75. The number of amides is 1. The molecule has 0 unspecified atom stereocenters. The van der Waals surface area contributed by atoms with Gasteiger partial charge in [-0.15, -0.1) is 5.10 Å². The number of hydrogen-bond acceptors (Lipinski definition) is 7. The normalized spacial score (nSPS) is 14.6. The Morgan fingerprint density at radius 3 is 2.51 bits per heavy atom. The molecule has 186 valence electrons. The molecule has 35 heavy (non-hydrogen) atoms. The molecule has 11 heteroatoms. The van der Waals surface area contributed by atoms with Gasteiger partial charge in [-0.25, -0.2) is 8.42 Å². The van der Waals surface area contributed by atoms with E-state index in [-0.39, 0.29) is 29.4 Å². The fourth-order valence-electron chi connectivity index (χ4n) is 3.89. The second-order valence-electron chi connectivity index (χ2n) is 8.27. The molecule has 1 fully saturated rings. The SMILES string of the molecule is CCOc1ccc(S(=O)(=O)N2CCOCC2)cc1NC(=O)c1nn(-c2ccc(C)cc2C)nc1C. The molecule has 1 aliphatic rings. The third-order valence-electron chi connectivity index (χ3n) is 5.67. The summed E-state index contributed by atoms with van der Waals surface area (Å²) in [6, 6.07) is 10.3. The van der Waals surface area contributed by atoms with Crippen molar-refractivity contribution in [3.8, 4) is 11.4 Å². The zero-order chi connectivity index (χ0) is 25.2. The molecule has 1 N–H and O–H groups in total. The maximum absolute atomic E-state index is 13.2. The molecular formula is C24H29N5O5S. The van der Waals surface area contributed by atoms with Gasteiger partial charge in [0.25, 0.3) is 5.91 Å². The summed E-state index contributed by atoms with van der Waals surface area (Å²) in [4.78, 5) is 14.7. The first-order chi connectivity index (χ1) is 16.7. The standard InChI is InChI=1S/C24H29N5O5S/c1-5-34-22-9-7-19(35(31,32)28-10-12-33-13-11-28)15-20(22)25-24(30)23-18(4)26-29(27-23)21-8-6-16(2)14-17(21)3/h6-9,14-15H,5,10-13H2,1-4H3,(H,25,30). The van der Waals surface area contributed by atoms with Crippen LogP contribution in [0.5, 0.6) is 5.75 Å². The molecular weight excluding hydrogens is 470 g/mol. The minimum absolute atomic E-state index is 0.0637. The number of aryl methyl sites for hydroxylation is 3. The number of benzene rings is 2. The average molecular weight is 500 g/mol. The maximum atomic E-state index is 13.2. The molecule has 1 aliphatic heterocycles. The quantitative estimate of drug-likeness (QED) is 0.531. The summed E-state index contributed by atoms with van der Waals surface area (Å²) in [6.07, 6.45) is 0. The van der Waals surface area contributed by atoms with E-state index in [1.807, 2.05) is 39.0 Å². The molecule has 0 radical (unpaired) electrons. The van der Waals surface area contributed by atoms with Gasteiger partial charge in [0.05, 0.1) is 41.8 Å². The van der Waals surface area contributed by atoms with Crippen molar-refractivity contribution in [3.63, 3.8) is 0 Å². The second-order valence-corrected chi connectivity index (χ2v) is 10.2. The van der Waals surface area contributed by atoms with Crippen molar-refractivity contribution in [2.24, 2.45) is 0 Å². The van der Waals surface area contributed by atoms with Crippen molar-refractivity contribution in [1.82, 2.24) is 19.3 Å². The number of hydrogen-bond donors (Lipinski definition) is 1. The third-order valence-corrected chi connectivity index (χ3v) is 7.57. The molecule has 2 heterocycles. The van der Waals surface area contributed by atoms with Crippen LogP contribution in [0.15, 0.2) is 41.3 Å². The van der Waals surface area contributed by atoms with E-state index >= 15 is 0 Å². The fraction of sp³-hybridized carbons (Fsp3) is 0.375. The van der Waals surface area contributed by atoms with Crippen molar-refractivity contribution in [1.29, 1.82) is 0 Å². The van der Waals surface area contributed by atoms with Gasteiger partial charge in [0.15, 0.2) is 5.69 Å². The van der Waals surface area contributed by atoms with E-state index in [2.05, 4.69) is 15.5 Å². The Morgan fingerprint density at radius 1 is 1.09 bits per heavy atom. The minimum Gasteiger partial charge on any atom is -0.492 e. The number of ether oxygens (including phenoxy) is 2. The van der Waals surface area contributed by atoms with Gasteiger partial charge in [0.2, 0.25) is 10.0 Å². The lowest BCUT2D eigenvalue weighted by Crippen LogP contribution is -2.40. The lowest BCUT2D eigenvalue weighted by atomic mass is 10.1. The zero-order valence-corrected chi connectivity index (χ0v) is 21.1. The van der Waals surface area contributed by atoms with Crippen molar-refractivity contribution >= 4 is 21.6 Å². The van der Waals surface area contributed by atoms with E-state index in [0.29, 0.717) is 31.3 Å². The highest BCUT2D eigenvalue weighted by Crippen LogP contribution is 2.30. The predicted octanol–water partition coefficient (Wildman–Crippen LogP) is 2.86. The Hall–Kier alpha value is -3.28. The number of nitrogens with one attached hydrogen (secondary N) is 1. The van der Waals surface area contributed by atoms with Gasteiger partial charge in [0.1, 0.15) is 5.75 Å². The van der Waals surface area contributed by atoms with Gasteiger partial charge in [-0.2, -0.15) is 14.2 Å². The summed E-state index contributed by atoms with van der Waals surface area (Å²) in [6.45, 7) is 9.05. The van der Waals surface area contributed by atoms with Gasteiger partial charge in [0, 0.05) is 13.1 Å². The molecule has 0 saturated carbocycles. The molecule has 0 bridgehead atoms. The fourth-order valence-corrected chi connectivity index (χ4v) is 5.33. The number of aromatic nitrogens is 3. The van der Waals surface area contributed by atoms with Crippen LogP contribution in [0.1, 0.15) is 34.2 Å². The van der Waals surface area contributed by atoms with Crippen LogP contribution in [0.2, 0.25) is 0 Å². The van der Waals surface area contributed by atoms with Crippen LogP contribution in [-0.2, 0) is 14.8 Å². The van der Waals surface area contributed by atoms with Crippen LogP contribution >= 0.6 is 0 Å². The van der Waals surface area contributed by atoms with Crippen LogP contribution in [0.3, 0.4) is 0 Å². The molecule has 4 rings (SSSR count). The van der Waals surface area contributed by atoms with Crippen molar-refractivity contribution in [2.75, 3.05) is 38.2 Å².